The zero-order chi connectivity index (χ0) is 14.1. The van der Waals surface area contributed by atoms with E-state index >= 15 is 0 Å². The fourth-order valence-electron chi connectivity index (χ4n) is 1.77. The monoisotopic (exact) mass is 280 g/mol. The van der Waals surface area contributed by atoms with E-state index in [4.69, 9.17) is 18.0 Å². The number of nitrogens with two attached hydrogens (primary N) is 1. The van der Waals surface area contributed by atoms with Gasteiger partial charge in [-0.15, -0.1) is 0 Å². The van der Waals surface area contributed by atoms with Crippen LogP contribution in [0, 0.1) is 6.92 Å². The van der Waals surface area contributed by atoms with Crippen LogP contribution in [0.5, 0.6) is 0 Å². The standard InChI is InChI=1S/C10H15F3N4S/c1-6-7(8(14)18)9(17(3)15-6)16(2)5-4-10(11,12)13/h4-5H2,1-3H3,(H2,14,18). The first-order chi connectivity index (χ1) is 8.13. The lowest BCUT2D eigenvalue weighted by Gasteiger charge is -2.21. The molecule has 4 nitrogen and oxygen atoms in total. The van der Waals surface area contributed by atoms with Gasteiger partial charge in [-0.05, 0) is 6.92 Å². The molecule has 0 saturated heterocycles. The summed E-state index contributed by atoms with van der Waals surface area (Å²) in [6.07, 6.45) is -5.09. The molecule has 0 atom stereocenters. The maximum Gasteiger partial charge on any atom is 0.390 e. The molecular formula is C10H15F3N4S. The number of alkyl halides is 3. The SMILES string of the molecule is Cc1nn(C)c(N(C)CCC(F)(F)F)c1C(N)=S. The van der Waals surface area contributed by atoms with E-state index in [0.717, 1.165) is 0 Å². The Morgan fingerprint density at radius 3 is 2.50 bits per heavy atom. The van der Waals surface area contributed by atoms with Gasteiger partial charge in [-0.2, -0.15) is 18.3 Å². The summed E-state index contributed by atoms with van der Waals surface area (Å²) in [5, 5.41) is 4.12. The summed E-state index contributed by atoms with van der Waals surface area (Å²) in [6, 6.07) is 0. The molecule has 8 heteroatoms. The molecule has 1 aromatic heterocycles. The number of hydrogen-bond acceptors (Lipinski definition) is 3. The molecule has 0 aromatic carbocycles. The Morgan fingerprint density at radius 2 is 2.06 bits per heavy atom. The second-order valence-corrected chi connectivity index (χ2v) is 4.50. The predicted molar refractivity (Wildman–Crippen MR) is 67.8 cm³/mol. The minimum absolute atomic E-state index is 0.134. The average molecular weight is 280 g/mol. The third-order valence-corrected chi connectivity index (χ3v) is 2.73. The molecule has 0 spiro atoms. The van der Waals surface area contributed by atoms with Crippen molar-refractivity contribution < 1.29 is 13.2 Å². The summed E-state index contributed by atoms with van der Waals surface area (Å²) >= 11 is 4.90. The van der Waals surface area contributed by atoms with Gasteiger partial charge in [0.15, 0.2) is 0 Å². The van der Waals surface area contributed by atoms with Crippen LogP contribution in [0.2, 0.25) is 0 Å². The van der Waals surface area contributed by atoms with Gasteiger partial charge in [0.05, 0.1) is 17.7 Å². The highest BCUT2D eigenvalue weighted by Gasteiger charge is 2.28. The van der Waals surface area contributed by atoms with E-state index in [1.165, 1.54) is 9.58 Å². The van der Waals surface area contributed by atoms with Crippen LogP contribution in [0.4, 0.5) is 19.0 Å². The molecular weight excluding hydrogens is 265 g/mol. The first kappa shape index (κ1) is 14.7. The van der Waals surface area contributed by atoms with Crippen LogP contribution in [-0.2, 0) is 7.05 Å². The molecule has 0 aliphatic heterocycles. The van der Waals surface area contributed by atoms with Crippen molar-refractivity contribution in [3.05, 3.63) is 11.3 Å². The van der Waals surface area contributed by atoms with Gasteiger partial charge in [0.25, 0.3) is 0 Å². The van der Waals surface area contributed by atoms with Crippen LogP contribution in [0.3, 0.4) is 0 Å². The van der Waals surface area contributed by atoms with Gasteiger partial charge in [0.1, 0.15) is 10.8 Å². The number of thiocarbonyl (C=S) groups is 1. The van der Waals surface area contributed by atoms with E-state index < -0.39 is 12.6 Å². The molecule has 102 valence electrons. The summed E-state index contributed by atoms with van der Waals surface area (Å²) < 4.78 is 38.1. The maximum atomic E-state index is 12.2. The number of anilines is 1. The van der Waals surface area contributed by atoms with Gasteiger partial charge in [-0.25, -0.2) is 0 Å². The van der Waals surface area contributed by atoms with Gasteiger partial charge < -0.3 is 10.6 Å². The van der Waals surface area contributed by atoms with E-state index in [1.54, 1.807) is 21.0 Å². The van der Waals surface area contributed by atoms with Crippen LogP contribution in [0.1, 0.15) is 17.7 Å². The number of aromatic nitrogens is 2. The minimum Gasteiger partial charge on any atom is -0.389 e. The number of nitrogens with zero attached hydrogens (tertiary/aromatic N) is 3. The molecule has 1 aromatic rings. The Labute approximate surface area is 109 Å². The second kappa shape index (κ2) is 5.13. The number of hydrogen-bond donors (Lipinski definition) is 1. The minimum atomic E-state index is -4.19. The van der Waals surface area contributed by atoms with Crippen molar-refractivity contribution in [2.24, 2.45) is 12.8 Å². The summed E-state index contributed by atoms with van der Waals surface area (Å²) in [4.78, 5) is 1.59. The van der Waals surface area contributed by atoms with Crippen molar-refractivity contribution in [2.45, 2.75) is 19.5 Å². The van der Waals surface area contributed by atoms with Crippen LogP contribution in [-0.4, -0.2) is 34.5 Å². The van der Waals surface area contributed by atoms with Crippen molar-refractivity contribution >= 4 is 23.0 Å². The molecule has 0 radical (unpaired) electrons. The quantitative estimate of drug-likeness (QED) is 0.854. The molecule has 2 N–H and O–H groups in total. The first-order valence-electron chi connectivity index (χ1n) is 5.24. The summed E-state index contributed by atoms with van der Waals surface area (Å²) in [7, 11) is 3.21. The molecule has 1 rings (SSSR count). The summed E-state index contributed by atoms with van der Waals surface area (Å²) in [5.41, 5.74) is 6.71. The van der Waals surface area contributed by atoms with Crippen molar-refractivity contribution in [2.75, 3.05) is 18.5 Å². The molecule has 0 unspecified atom stereocenters. The zero-order valence-corrected chi connectivity index (χ0v) is 11.2. The van der Waals surface area contributed by atoms with Crippen molar-refractivity contribution in [3.8, 4) is 0 Å². The highest BCUT2D eigenvalue weighted by atomic mass is 32.1. The molecule has 0 aliphatic carbocycles. The van der Waals surface area contributed by atoms with Gasteiger partial charge in [-0.1, -0.05) is 12.2 Å². The largest absolute Gasteiger partial charge is 0.390 e. The van der Waals surface area contributed by atoms with Crippen LogP contribution in [0.15, 0.2) is 0 Å². The van der Waals surface area contributed by atoms with E-state index in [-0.39, 0.29) is 11.5 Å². The lowest BCUT2D eigenvalue weighted by molar-refractivity contribution is -0.132. The van der Waals surface area contributed by atoms with E-state index in [1.807, 2.05) is 0 Å². The Balaban J connectivity index is 2.98. The summed E-state index contributed by atoms with van der Waals surface area (Å²) in [6.45, 7) is 1.55. The second-order valence-electron chi connectivity index (χ2n) is 4.06. The van der Waals surface area contributed by atoms with Crippen molar-refractivity contribution in [1.82, 2.24) is 9.78 Å². The number of aryl methyl sites for hydroxylation is 2. The fraction of sp³-hybridized carbons (Fsp3) is 0.600. The van der Waals surface area contributed by atoms with E-state index in [2.05, 4.69) is 5.10 Å². The first-order valence-corrected chi connectivity index (χ1v) is 5.65. The molecule has 18 heavy (non-hydrogen) atoms. The van der Waals surface area contributed by atoms with Gasteiger partial charge in [0.2, 0.25) is 0 Å². The van der Waals surface area contributed by atoms with E-state index in [0.29, 0.717) is 17.1 Å². The summed E-state index contributed by atoms with van der Waals surface area (Å²) in [5.74, 6) is 0.504. The van der Waals surface area contributed by atoms with Crippen molar-refractivity contribution in [1.29, 1.82) is 0 Å². The van der Waals surface area contributed by atoms with Gasteiger partial charge in [0, 0.05) is 20.6 Å². The molecule has 0 saturated carbocycles. The fourth-order valence-corrected chi connectivity index (χ4v) is 2.01. The third kappa shape index (κ3) is 3.34. The predicted octanol–water partition coefficient (Wildman–Crippen LogP) is 1.75. The van der Waals surface area contributed by atoms with Crippen LogP contribution < -0.4 is 10.6 Å². The zero-order valence-electron chi connectivity index (χ0n) is 10.4. The Hall–Kier alpha value is -1.31. The normalized spacial score (nSPS) is 11.7. The number of rotatable bonds is 4. The van der Waals surface area contributed by atoms with E-state index in [9.17, 15) is 13.2 Å². The lowest BCUT2D eigenvalue weighted by Crippen LogP contribution is -2.28. The third-order valence-electron chi connectivity index (χ3n) is 2.53. The van der Waals surface area contributed by atoms with Crippen LogP contribution in [0.25, 0.3) is 0 Å². The Morgan fingerprint density at radius 1 is 1.50 bits per heavy atom. The molecule has 0 fully saturated rings. The van der Waals surface area contributed by atoms with Gasteiger partial charge >= 0.3 is 6.18 Å². The van der Waals surface area contributed by atoms with Crippen molar-refractivity contribution in [3.63, 3.8) is 0 Å². The molecule has 0 amide bonds. The van der Waals surface area contributed by atoms with Crippen LogP contribution >= 0.6 is 12.2 Å². The molecule has 0 aliphatic rings. The maximum absolute atomic E-state index is 12.2. The Bertz CT molecular complexity index is 453. The highest BCUT2D eigenvalue weighted by molar-refractivity contribution is 7.80. The number of halogens is 3. The molecule has 0 bridgehead atoms. The topological polar surface area (TPSA) is 47.1 Å². The van der Waals surface area contributed by atoms with Gasteiger partial charge in [-0.3, -0.25) is 4.68 Å². The molecule has 1 heterocycles. The average Bonchev–Trinajstić information content (AvgIpc) is 2.49. The lowest BCUT2D eigenvalue weighted by atomic mass is 10.2. The highest BCUT2D eigenvalue weighted by Crippen LogP contribution is 2.25. The smallest absolute Gasteiger partial charge is 0.389 e. The Kier molecular flexibility index (Phi) is 4.20.